The Morgan fingerprint density at radius 1 is 1.33 bits per heavy atom. The van der Waals surface area contributed by atoms with Gasteiger partial charge in [-0.15, -0.1) is 0 Å². The molecule has 2 aromatic rings. The number of hydrogen-bond acceptors (Lipinski definition) is 5. The van der Waals surface area contributed by atoms with Crippen LogP contribution in [0.2, 0.25) is 0 Å². The molecule has 0 saturated carbocycles. The fourth-order valence-electron chi connectivity index (χ4n) is 1.80. The van der Waals surface area contributed by atoms with Crippen LogP contribution in [0.15, 0.2) is 27.9 Å². The molecule has 0 atom stereocenters. The van der Waals surface area contributed by atoms with Crippen molar-refractivity contribution in [2.75, 3.05) is 26.0 Å². The fourth-order valence-corrected chi connectivity index (χ4v) is 2.25. The first-order valence-electron chi connectivity index (χ1n) is 6.59. The zero-order valence-corrected chi connectivity index (χ0v) is 14.0. The average molecular weight is 355 g/mol. The van der Waals surface area contributed by atoms with E-state index in [1.165, 1.54) is 4.68 Å². The molecule has 0 fully saturated rings. The first-order valence-corrected chi connectivity index (χ1v) is 7.38. The van der Waals surface area contributed by atoms with E-state index in [1.807, 2.05) is 32.2 Å². The largest absolute Gasteiger partial charge is 0.378 e. The predicted molar refractivity (Wildman–Crippen MR) is 85.3 cm³/mol. The van der Waals surface area contributed by atoms with E-state index in [-0.39, 0.29) is 5.56 Å². The van der Waals surface area contributed by atoms with E-state index in [1.54, 1.807) is 17.1 Å². The van der Waals surface area contributed by atoms with E-state index in [0.29, 0.717) is 23.2 Å². The minimum atomic E-state index is -0.131. The van der Waals surface area contributed by atoms with Gasteiger partial charge in [0.15, 0.2) is 0 Å². The van der Waals surface area contributed by atoms with Crippen LogP contribution in [-0.2, 0) is 20.1 Å². The Balaban J connectivity index is 2.07. The monoisotopic (exact) mass is 354 g/mol. The van der Waals surface area contributed by atoms with Crippen molar-refractivity contribution in [3.05, 3.63) is 39.0 Å². The summed E-state index contributed by atoms with van der Waals surface area (Å²) in [7, 11) is 5.79. The summed E-state index contributed by atoms with van der Waals surface area (Å²) in [5.41, 5.74) is 1.60. The van der Waals surface area contributed by atoms with Crippen LogP contribution < -0.4 is 10.9 Å². The van der Waals surface area contributed by atoms with Gasteiger partial charge in [0, 0.05) is 31.9 Å². The van der Waals surface area contributed by atoms with Crippen LogP contribution in [0, 0.1) is 0 Å². The summed E-state index contributed by atoms with van der Waals surface area (Å²) in [5.74, 6) is 0. The number of nitrogens with one attached hydrogen (secondary N) is 1. The fraction of sp³-hybridized carbons (Fsp3) is 0.462. The van der Waals surface area contributed by atoms with Gasteiger partial charge in [-0.1, -0.05) is 0 Å². The highest BCUT2D eigenvalue weighted by Crippen LogP contribution is 2.17. The molecule has 8 heteroatoms. The molecular formula is C13H19BrN6O. The number of aromatic nitrogens is 4. The van der Waals surface area contributed by atoms with Gasteiger partial charge >= 0.3 is 0 Å². The van der Waals surface area contributed by atoms with Crippen LogP contribution in [0.1, 0.15) is 5.56 Å². The number of anilines is 1. The van der Waals surface area contributed by atoms with Crippen LogP contribution in [0.4, 0.5) is 5.69 Å². The molecule has 2 rings (SSSR count). The number of aryl methyl sites for hydroxylation is 1. The predicted octanol–water partition coefficient (Wildman–Crippen LogP) is 0.913. The van der Waals surface area contributed by atoms with Crippen LogP contribution in [-0.4, -0.2) is 45.1 Å². The van der Waals surface area contributed by atoms with Gasteiger partial charge in [0.1, 0.15) is 4.47 Å². The molecule has 2 aromatic heterocycles. The van der Waals surface area contributed by atoms with Gasteiger partial charge < -0.3 is 10.2 Å². The molecule has 2 heterocycles. The maximum Gasteiger partial charge on any atom is 0.283 e. The van der Waals surface area contributed by atoms with E-state index in [9.17, 15) is 4.79 Å². The lowest BCUT2D eigenvalue weighted by atomic mass is 10.3. The van der Waals surface area contributed by atoms with Gasteiger partial charge in [-0.2, -0.15) is 10.2 Å². The summed E-state index contributed by atoms with van der Waals surface area (Å²) in [4.78, 5) is 14.2. The third-order valence-corrected chi connectivity index (χ3v) is 3.75. The zero-order valence-electron chi connectivity index (χ0n) is 12.4. The Labute approximate surface area is 131 Å². The number of rotatable bonds is 6. The van der Waals surface area contributed by atoms with Gasteiger partial charge in [-0.25, -0.2) is 4.68 Å². The van der Waals surface area contributed by atoms with Gasteiger partial charge in [0.2, 0.25) is 0 Å². The molecule has 1 N–H and O–H groups in total. The van der Waals surface area contributed by atoms with E-state index in [4.69, 9.17) is 0 Å². The molecule has 7 nitrogen and oxygen atoms in total. The molecule has 0 saturated heterocycles. The first kappa shape index (κ1) is 15.7. The molecule has 0 aliphatic heterocycles. The maximum absolute atomic E-state index is 12.2. The smallest absolute Gasteiger partial charge is 0.283 e. The van der Waals surface area contributed by atoms with Crippen molar-refractivity contribution in [3.63, 3.8) is 0 Å². The third kappa shape index (κ3) is 4.15. The van der Waals surface area contributed by atoms with Gasteiger partial charge in [-0.3, -0.25) is 9.48 Å². The van der Waals surface area contributed by atoms with E-state index < -0.39 is 0 Å². The van der Waals surface area contributed by atoms with Crippen molar-refractivity contribution in [1.82, 2.24) is 24.5 Å². The third-order valence-electron chi connectivity index (χ3n) is 2.99. The van der Waals surface area contributed by atoms with Crippen molar-refractivity contribution >= 4 is 21.6 Å². The second kappa shape index (κ2) is 6.86. The SMILES string of the molecule is CN(C)CCn1ncc(NCc2cnn(C)c2)c(Br)c1=O. The molecule has 0 aromatic carbocycles. The van der Waals surface area contributed by atoms with E-state index >= 15 is 0 Å². The van der Waals surface area contributed by atoms with Crippen molar-refractivity contribution in [2.45, 2.75) is 13.1 Å². The normalized spacial score (nSPS) is 11.1. The van der Waals surface area contributed by atoms with E-state index in [0.717, 1.165) is 12.1 Å². The molecule has 0 bridgehead atoms. The van der Waals surface area contributed by atoms with Crippen molar-refractivity contribution in [3.8, 4) is 0 Å². The summed E-state index contributed by atoms with van der Waals surface area (Å²) in [6, 6.07) is 0. The molecule has 114 valence electrons. The molecule has 0 aliphatic rings. The number of halogens is 1. The average Bonchev–Trinajstić information content (AvgIpc) is 2.85. The van der Waals surface area contributed by atoms with Crippen LogP contribution in [0.3, 0.4) is 0 Å². The summed E-state index contributed by atoms with van der Waals surface area (Å²) < 4.78 is 3.70. The maximum atomic E-state index is 12.2. The first-order chi connectivity index (χ1) is 9.97. The number of likely N-dealkylation sites (N-methyl/N-ethyl adjacent to an activating group) is 1. The van der Waals surface area contributed by atoms with Crippen LogP contribution >= 0.6 is 15.9 Å². The topological polar surface area (TPSA) is 68.0 Å². The minimum Gasteiger partial charge on any atom is -0.378 e. The Morgan fingerprint density at radius 2 is 2.10 bits per heavy atom. The Hall–Kier alpha value is -1.67. The summed E-state index contributed by atoms with van der Waals surface area (Å²) in [6.07, 6.45) is 5.37. The van der Waals surface area contributed by atoms with Gasteiger partial charge in [-0.05, 0) is 30.0 Å². The second-order valence-electron chi connectivity index (χ2n) is 5.08. The molecule has 0 aliphatic carbocycles. The highest BCUT2D eigenvalue weighted by Gasteiger charge is 2.09. The number of nitrogens with zero attached hydrogens (tertiary/aromatic N) is 5. The summed E-state index contributed by atoms with van der Waals surface area (Å²) >= 11 is 3.35. The molecule has 0 unspecified atom stereocenters. The Morgan fingerprint density at radius 3 is 2.71 bits per heavy atom. The Kier molecular flexibility index (Phi) is 5.13. The quantitative estimate of drug-likeness (QED) is 0.835. The van der Waals surface area contributed by atoms with Crippen molar-refractivity contribution in [1.29, 1.82) is 0 Å². The summed E-state index contributed by atoms with van der Waals surface area (Å²) in [5, 5.41) is 11.5. The van der Waals surface area contributed by atoms with Crippen molar-refractivity contribution < 1.29 is 0 Å². The zero-order chi connectivity index (χ0) is 15.4. The molecule has 21 heavy (non-hydrogen) atoms. The lowest BCUT2D eigenvalue weighted by Gasteiger charge is -2.12. The Bertz CT molecular complexity index is 663. The second-order valence-corrected chi connectivity index (χ2v) is 5.87. The lowest BCUT2D eigenvalue weighted by Crippen LogP contribution is -2.29. The molecule has 0 amide bonds. The minimum absolute atomic E-state index is 0.131. The molecule has 0 spiro atoms. The highest BCUT2D eigenvalue weighted by atomic mass is 79.9. The van der Waals surface area contributed by atoms with Crippen LogP contribution in [0.5, 0.6) is 0 Å². The van der Waals surface area contributed by atoms with Gasteiger partial charge in [0.05, 0.1) is 24.6 Å². The van der Waals surface area contributed by atoms with Crippen LogP contribution in [0.25, 0.3) is 0 Å². The summed E-state index contributed by atoms with van der Waals surface area (Å²) in [6.45, 7) is 1.92. The van der Waals surface area contributed by atoms with E-state index in [2.05, 4.69) is 31.4 Å². The number of hydrogen-bond donors (Lipinski definition) is 1. The van der Waals surface area contributed by atoms with Gasteiger partial charge in [0.25, 0.3) is 5.56 Å². The lowest BCUT2D eigenvalue weighted by molar-refractivity contribution is 0.367. The highest BCUT2D eigenvalue weighted by molar-refractivity contribution is 9.10. The molecular weight excluding hydrogens is 336 g/mol. The van der Waals surface area contributed by atoms with Crippen molar-refractivity contribution in [2.24, 2.45) is 7.05 Å². The molecule has 0 radical (unpaired) electrons. The standard InChI is InChI=1S/C13H19BrN6O/c1-18(2)4-5-20-13(21)12(14)11(8-17-20)15-6-10-7-16-19(3)9-10/h7-9,15H,4-6H2,1-3H3.